The van der Waals surface area contributed by atoms with Crippen molar-refractivity contribution in [2.45, 2.75) is 91.0 Å². The predicted molar refractivity (Wildman–Crippen MR) is 123 cm³/mol. The van der Waals surface area contributed by atoms with Crippen molar-refractivity contribution in [2.75, 3.05) is 7.11 Å². The molecule has 1 aliphatic heterocycles. The topological polar surface area (TPSA) is 27.7 Å². The van der Waals surface area contributed by atoms with Crippen LogP contribution in [0.3, 0.4) is 0 Å². The molecule has 0 saturated carbocycles. The summed E-state index contributed by atoms with van der Waals surface area (Å²) in [5.74, 6) is 0.900. The monoisotopic (exact) mass is 402 g/mol. The molecule has 0 atom stereocenters. The van der Waals surface area contributed by atoms with Crippen LogP contribution in [-0.2, 0) is 9.31 Å². The molecule has 0 aliphatic carbocycles. The molecule has 2 rings (SSSR count). The lowest BCUT2D eigenvalue weighted by Crippen LogP contribution is -2.47. The van der Waals surface area contributed by atoms with E-state index in [-0.39, 0.29) is 17.9 Å². The summed E-state index contributed by atoms with van der Waals surface area (Å²) in [4.78, 5) is 0. The van der Waals surface area contributed by atoms with E-state index in [0.29, 0.717) is 0 Å². The Morgan fingerprint density at radius 1 is 1.00 bits per heavy atom. The Morgan fingerprint density at radius 3 is 2.07 bits per heavy atom. The molecule has 3 nitrogen and oxygen atoms in total. The Labute approximate surface area is 173 Å². The first-order valence-corrected chi connectivity index (χ1v) is 13.9. The zero-order valence-corrected chi connectivity index (χ0v) is 20.2. The van der Waals surface area contributed by atoms with E-state index in [2.05, 4.69) is 77.7 Å². The van der Waals surface area contributed by atoms with Gasteiger partial charge in [0.25, 0.3) is 0 Å². The quantitative estimate of drug-likeness (QED) is 0.350. The molecular formula is C23H39BO3Si. The maximum Gasteiger partial charge on any atom is 0.438 e. The van der Waals surface area contributed by atoms with E-state index in [1.54, 1.807) is 7.11 Å². The van der Waals surface area contributed by atoms with Gasteiger partial charge in [-0.1, -0.05) is 57.1 Å². The fraction of sp³-hybridized carbons (Fsp3) is 0.652. The molecule has 0 spiro atoms. The second-order valence-electron chi connectivity index (χ2n) is 9.62. The molecule has 1 fully saturated rings. The molecule has 1 saturated heterocycles. The van der Waals surface area contributed by atoms with Gasteiger partial charge in [0.1, 0.15) is 13.7 Å². The molecule has 5 heteroatoms. The van der Waals surface area contributed by atoms with Crippen molar-refractivity contribution in [3.8, 4) is 5.75 Å². The molecule has 0 N–H and O–H groups in total. The van der Waals surface area contributed by atoms with Gasteiger partial charge < -0.3 is 14.0 Å². The third-order valence-corrected chi connectivity index (χ3v) is 8.71. The van der Waals surface area contributed by atoms with Gasteiger partial charge in [-0.25, -0.2) is 0 Å². The lowest BCUT2D eigenvalue weighted by atomic mass is 9.90. The lowest BCUT2D eigenvalue weighted by Gasteiger charge is -2.32. The number of rotatable bonds is 9. The molecule has 1 aromatic carbocycles. The van der Waals surface area contributed by atoms with Crippen LogP contribution in [-0.4, -0.2) is 33.0 Å². The van der Waals surface area contributed by atoms with Gasteiger partial charge in [0.15, 0.2) is 0 Å². The molecule has 0 unspecified atom stereocenters. The highest BCUT2D eigenvalue weighted by molar-refractivity contribution is 7.30. The van der Waals surface area contributed by atoms with Crippen LogP contribution >= 0.6 is 0 Å². The van der Waals surface area contributed by atoms with Crippen LogP contribution in [0.4, 0.5) is 0 Å². The summed E-state index contributed by atoms with van der Waals surface area (Å²) in [5, 5.41) is 0. The first-order chi connectivity index (χ1) is 13.0. The summed E-state index contributed by atoms with van der Waals surface area (Å²) in [5.41, 5.74) is 4.65. The number of benzene rings is 1. The van der Waals surface area contributed by atoms with Crippen molar-refractivity contribution in [3.63, 3.8) is 0 Å². The summed E-state index contributed by atoms with van der Waals surface area (Å²) < 4.78 is 18.2. The third-order valence-electron chi connectivity index (χ3n) is 6.17. The van der Waals surface area contributed by atoms with E-state index in [0.717, 1.165) is 12.2 Å². The van der Waals surface area contributed by atoms with Gasteiger partial charge in [-0.15, -0.1) is 0 Å². The minimum Gasteiger partial charge on any atom is -0.497 e. The van der Waals surface area contributed by atoms with Gasteiger partial charge in [-0.05, 0) is 63.8 Å². The highest BCUT2D eigenvalue weighted by Crippen LogP contribution is 2.40. The van der Waals surface area contributed by atoms with Crippen molar-refractivity contribution in [3.05, 3.63) is 35.5 Å². The summed E-state index contributed by atoms with van der Waals surface area (Å²) in [6, 6.07) is 8.47. The van der Waals surface area contributed by atoms with Gasteiger partial charge in [-0.2, -0.15) is 0 Å². The maximum atomic E-state index is 6.42. The summed E-state index contributed by atoms with van der Waals surface area (Å²) in [7, 11) is -0.209. The Balaban J connectivity index is 2.28. The average molecular weight is 402 g/mol. The summed E-state index contributed by atoms with van der Waals surface area (Å²) in [6.45, 7) is 15.4. The Morgan fingerprint density at radius 2 is 1.57 bits per heavy atom. The van der Waals surface area contributed by atoms with Gasteiger partial charge in [0.05, 0.1) is 18.3 Å². The number of methoxy groups -OCH3 is 1. The van der Waals surface area contributed by atoms with Gasteiger partial charge in [0.2, 0.25) is 0 Å². The van der Waals surface area contributed by atoms with E-state index in [1.807, 2.05) is 0 Å². The molecule has 0 bridgehead atoms. The minimum atomic E-state index is -1.92. The maximum absolute atomic E-state index is 6.42. The fourth-order valence-electron chi connectivity index (χ4n) is 3.51. The van der Waals surface area contributed by atoms with Crippen molar-refractivity contribution in [2.24, 2.45) is 0 Å². The van der Waals surface area contributed by atoms with Crippen molar-refractivity contribution < 1.29 is 14.0 Å². The second kappa shape index (κ2) is 9.19. The third kappa shape index (κ3) is 5.52. The van der Waals surface area contributed by atoms with E-state index in [9.17, 15) is 0 Å². The average Bonchev–Trinajstić information content (AvgIpc) is 2.86. The molecule has 1 aromatic rings. The highest BCUT2D eigenvalue weighted by atomic mass is 28.3. The van der Waals surface area contributed by atoms with Crippen LogP contribution in [0.2, 0.25) is 13.1 Å². The first-order valence-electron chi connectivity index (χ1n) is 10.7. The number of hydrogen-bond donors (Lipinski definition) is 0. The van der Waals surface area contributed by atoms with Crippen molar-refractivity contribution in [1.82, 2.24) is 0 Å². The standard InChI is InChI=1S/C23H39BO3Si/c1-9-10-11-12-13-20(19-14-16-21(25-6)17-15-19)18-28(7,8)24-26-22(2,3)23(4,5)27-24/h14-18H,9-13H2,1-8H3/b20-18-. The molecule has 1 heterocycles. The first kappa shape index (κ1) is 23.2. The van der Waals surface area contributed by atoms with Gasteiger partial charge in [-0.3, -0.25) is 0 Å². The molecule has 156 valence electrons. The summed E-state index contributed by atoms with van der Waals surface area (Å²) in [6.07, 6.45) is 6.16. The molecule has 28 heavy (non-hydrogen) atoms. The largest absolute Gasteiger partial charge is 0.497 e. The molecular weight excluding hydrogens is 363 g/mol. The van der Waals surface area contributed by atoms with Crippen LogP contribution in [0.25, 0.3) is 5.57 Å². The Kier molecular flexibility index (Phi) is 7.63. The van der Waals surface area contributed by atoms with E-state index in [1.165, 1.54) is 36.8 Å². The van der Waals surface area contributed by atoms with Crippen LogP contribution < -0.4 is 4.74 Å². The van der Waals surface area contributed by atoms with E-state index in [4.69, 9.17) is 14.0 Å². The minimum absolute atomic E-state index is 0.124. The van der Waals surface area contributed by atoms with Crippen molar-refractivity contribution >= 4 is 20.2 Å². The fourth-order valence-corrected chi connectivity index (χ4v) is 6.05. The van der Waals surface area contributed by atoms with Crippen LogP contribution in [0, 0.1) is 0 Å². The smallest absolute Gasteiger partial charge is 0.438 e. The van der Waals surface area contributed by atoms with E-state index < -0.39 is 7.94 Å². The summed E-state index contributed by atoms with van der Waals surface area (Å²) >= 11 is 0. The van der Waals surface area contributed by atoms with Crippen molar-refractivity contribution in [1.29, 1.82) is 0 Å². The van der Waals surface area contributed by atoms with Crippen LogP contribution in [0.5, 0.6) is 5.75 Å². The van der Waals surface area contributed by atoms with Gasteiger partial charge in [0, 0.05) is 0 Å². The lowest BCUT2D eigenvalue weighted by molar-refractivity contribution is 0.00578. The molecule has 1 aliphatic rings. The Hall–Kier alpha value is -1.04. The van der Waals surface area contributed by atoms with Gasteiger partial charge >= 0.3 is 6.71 Å². The molecule has 0 radical (unpaired) electrons. The highest BCUT2D eigenvalue weighted by Gasteiger charge is 2.56. The zero-order valence-electron chi connectivity index (χ0n) is 19.2. The van der Waals surface area contributed by atoms with E-state index >= 15 is 0 Å². The molecule has 0 amide bonds. The van der Waals surface area contributed by atoms with Crippen LogP contribution in [0.15, 0.2) is 30.0 Å². The number of ether oxygens (including phenoxy) is 1. The number of hydrogen-bond acceptors (Lipinski definition) is 3. The number of unbranched alkanes of at least 4 members (excludes halogenated alkanes) is 3. The number of allylic oxidation sites excluding steroid dienone is 1. The second-order valence-corrected chi connectivity index (χ2v) is 14.0. The predicted octanol–water partition coefficient (Wildman–Crippen LogP) is 6.47. The van der Waals surface area contributed by atoms with Crippen LogP contribution in [0.1, 0.15) is 72.3 Å². The molecule has 0 aromatic heterocycles. The Bertz CT molecular complexity index is 649. The zero-order chi connectivity index (χ0) is 21.0. The SMILES string of the molecule is CCCCCC/C(=C/[Si](C)(C)B1OC(C)(C)C(C)(C)O1)c1ccc(OC)cc1. The normalized spacial score (nSPS) is 19.1.